The van der Waals surface area contributed by atoms with E-state index in [0.29, 0.717) is 29.8 Å². The highest BCUT2D eigenvalue weighted by Crippen LogP contribution is 2.31. The molecular formula is C21H20N2O3. The molecule has 2 aromatic carbocycles. The van der Waals surface area contributed by atoms with Gasteiger partial charge in [0, 0.05) is 12.1 Å². The number of piperidine rings is 1. The Morgan fingerprint density at radius 3 is 2.50 bits per heavy atom. The van der Waals surface area contributed by atoms with Crippen molar-refractivity contribution < 1.29 is 14.4 Å². The van der Waals surface area contributed by atoms with Crippen LogP contribution in [0.1, 0.15) is 40.0 Å². The zero-order valence-electron chi connectivity index (χ0n) is 14.4. The van der Waals surface area contributed by atoms with Crippen molar-refractivity contribution in [3.8, 4) is 0 Å². The van der Waals surface area contributed by atoms with E-state index >= 15 is 0 Å². The Morgan fingerprint density at radius 1 is 0.962 bits per heavy atom. The van der Waals surface area contributed by atoms with E-state index in [4.69, 9.17) is 0 Å². The maximum Gasteiger partial charge on any atom is 0.256 e. The first kappa shape index (κ1) is 16.5. The van der Waals surface area contributed by atoms with E-state index in [2.05, 4.69) is 0 Å². The molecule has 2 amide bonds. The fraction of sp³-hybridized carbons (Fsp3) is 0.286. The summed E-state index contributed by atoms with van der Waals surface area (Å²) in [7, 11) is 0. The van der Waals surface area contributed by atoms with Gasteiger partial charge in [0.25, 0.3) is 5.91 Å². The van der Waals surface area contributed by atoms with Gasteiger partial charge in [-0.2, -0.15) is 0 Å². The highest BCUT2D eigenvalue weighted by molar-refractivity contribution is 6.14. The standard InChI is InChI=1S/C21H20N2O3/c24-19(15-8-2-1-3-9-15)14-23-17-11-5-4-10-16(17)20(25)22-13-7-6-12-18(22)21(23)26/h1-5,8-11,18H,6-7,12-14H2/t18-/m0/s1. The lowest BCUT2D eigenvalue weighted by atomic mass is 10.0. The molecule has 2 aliphatic rings. The van der Waals surface area contributed by atoms with Gasteiger partial charge in [-0.3, -0.25) is 14.4 Å². The molecule has 0 N–H and O–H groups in total. The summed E-state index contributed by atoms with van der Waals surface area (Å²) in [5, 5.41) is 0. The second-order valence-corrected chi connectivity index (χ2v) is 6.74. The molecule has 0 aromatic heterocycles. The van der Waals surface area contributed by atoms with Crippen molar-refractivity contribution >= 4 is 23.3 Å². The van der Waals surface area contributed by atoms with Gasteiger partial charge in [-0.15, -0.1) is 0 Å². The molecule has 26 heavy (non-hydrogen) atoms. The van der Waals surface area contributed by atoms with Crippen LogP contribution in [0.4, 0.5) is 5.69 Å². The van der Waals surface area contributed by atoms with Gasteiger partial charge in [-0.25, -0.2) is 0 Å². The van der Waals surface area contributed by atoms with Crippen LogP contribution in [0, 0.1) is 0 Å². The van der Waals surface area contributed by atoms with Gasteiger partial charge < -0.3 is 9.80 Å². The smallest absolute Gasteiger partial charge is 0.256 e. The number of rotatable bonds is 3. The SMILES string of the molecule is O=C(CN1C(=O)[C@@H]2CCCCN2C(=O)c2ccccc21)c1ccccc1. The molecule has 0 spiro atoms. The zero-order chi connectivity index (χ0) is 18.1. The molecule has 0 saturated carbocycles. The number of nitrogens with zero attached hydrogens (tertiary/aromatic N) is 2. The average molecular weight is 348 g/mol. The number of carbonyl (C=O) groups excluding carboxylic acids is 3. The van der Waals surface area contributed by atoms with Gasteiger partial charge in [0.05, 0.1) is 17.8 Å². The van der Waals surface area contributed by atoms with Gasteiger partial charge in [-0.1, -0.05) is 42.5 Å². The van der Waals surface area contributed by atoms with Crippen molar-refractivity contribution in [3.05, 3.63) is 65.7 Å². The van der Waals surface area contributed by atoms with E-state index in [1.165, 1.54) is 4.90 Å². The second-order valence-electron chi connectivity index (χ2n) is 6.74. The monoisotopic (exact) mass is 348 g/mol. The van der Waals surface area contributed by atoms with Crippen LogP contribution < -0.4 is 4.90 Å². The number of carbonyl (C=O) groups is 3. The zero-order valence-corrected chi connectivity index (χ0v) is 14.4. The molecule has 2 heterocycles. The van der Waals surface area contributed by atoms with Crippen molar-refractivity contribution in [1.82, 2.24) is 4.90 Å². The summed E-state index contributed by atoms with van der Waals surface area (Å²) in [5.74, 6) is -0.411. The Bertz CT molecular complexity index is 863. The third-order valence-electron chi connectivity index (χ3n) is 5.14. The topological polar surface area (TPSA) is 57.7 Å². The van der Waals surface area contributed by atoms with Crippen molar-refractivity contribution in [2.24, 2.45) is 0 Å². The maximum absolute atomic E-state index is 13.2. The summed E-state index contributed by atoms with van der Waals surface area (Å²) in [6, 6.07) is 15.5. The summed E-state index contributed by atoms with van der Waals surface area (Å²) in [6.45, 7) is 0.529. The minimum atomic E-state index is -0.479. The largest absolute Gasteiger partial charge is 0.327 e. The fourth-order valence-corrected chi connectivity index (χ4v) is 3.80. The third kappa shape index (κ3) is 2.79. The van der Waals surface area contributed by atoms with Crippen molar-refractivity contribution in [2.45, 2.75) is 25.3 Å². The molecule has 2 aliphatic heterocycles. The van der Waals surface area contributed by atoms with Crippen LogP contribution in [0.25, 0.3) is 0 Å². The first-order valence-corrected chi connectivity index (χ1v) is 8.96. The highest BCUT2D eigenvalue weighted by atomic mass is 16.2. The van der Waals surface area contributed by atoms with Gasteiger partial charge >= 0.3 is 0 Å². The molecule has 0 radical (unpaired) electrons. The molecule has 132 valence electrons. The van der Waals surface area contributed by atoms with Crippen molar-refractivity contribution in [1.29, 1.82) is 0 Å². The number of hydrogen-bond acceptors (Lipinski definition) is 3. The third-order valence-corrected chi connectivity index (χ3v) is 5.14. The number of benzene rings is 2. The summed E-state index contributed by atoms with van der Waals surface area (Å²) < 4.78 is 0. The maximum atomic E-state index is 13.2. The van der Waals surface area contributed by atoms with E-state index < -0.39 is 6.04 Å². The van der Waals surface area contributed by atoms with Crippen LogP contribution in [0.15, 0.2) is 54.6 Å². The van der Waals surface area contributed by atoms with Gasteiger partial charge in [0.15, 0.2) is 5.78 Å². The number of amides is 2. The summed E-state index contributed by atoms with van der Waals surface area (Å²) in [4.78, 5) is 42.1. The minimum Gasteiger partial charge on any atom is -0.327 e. The molecule has 1 atom stereocenters. The Kier molecular flexibility index (Phi) is 4.29. The fourth-order valence-electron chi connectivity index (χ4n) is 3.80. The van der Waals surface area contributed by atoms with Crippen LogP contribution in [0.5, 0.6) is 0 Å². The van der Waals surface area contributed by atoms with E-state index in [-0.39, 0.29) is 24.1 Å². The molecule has 1 fully saturated rings. The first-order chi connectivity index (χ1) is 12.7. The minimum absolute atomic E-state index is 0.0581. The number of ketones is 1. The van der Waals surface area contributed by atoms with Crippen molar-refractivity contribution in [3.63, 3.8) is 0 Å². The Hall–Kier alpha value is -2.95. The predicted molar refractivity (Wildman–Crippen MR) is 98.2 cm³/mol. The van der Waals surface area contributed by atoms with Crippen LogP contribution >= 0.6 is 0 Å². The lowest BCUT2D eigenvalue weighted by Gasteiger charge is -2.34. The van der Waals surface area contributed by atoms with E-state index in [1.54, 1.807) is 53.4 Å². The van der Waals surface area contributed by atoms with Gasteiger partial charge in [-0.05, 0) is 31.4 Å². The van der Waals surface area contributed by atoms with Crippen LogP contribution in [-0.2, 0) is 4.79 Å². The highest BCUT2D eigenvalue weighted by Gasteiger charge is 2.40. The van der Waals surface area contributed by atoms with Gasteiger partial charge in [0.1, 0.15) is 6.04 Å². The average Bonchev–Trinajstić information content (AvgIpc) is 2.79. The Balaban J connectivity index is 1.74. The van der Waals surface area contributed by atoms with Crippen LogP contribution in [0.3, 0.4) is 0 Å². The van der Waals surface area contributed by atoms with Crippen LogP contribution in [-0.4, -0.2) is 41.6 Å². The lowest BCUT2D eigenvalue weighted by Crippen LogP contribution is -2.51. The molecule has 4 rings (SSSR count). The summed E-state index contributed by atoms with van der Waals surface area (Å²) in [6.07, 6.45) is 2.46. The first-order valence-electron chi connectivity index (χ1n) is 8.96. The molecule has 2 aromatic rings. The molecular weight excluding hydrogens is 328 g/mol. The quantitative estimate of drug-likeness (QED) is 0.802. The number of para-hydroxylation sites is 1. The summed E-state index contributed by atoms with van der Waals surface area (Å²) >= 11 is 0. The van der Waals surface area contributed by atoms with Crippen LogP contribution in [0.2, 0.25) is 0 Å². The predicted octanol–water partition coefficient (Wildman–Crippen LogP) is 2.91. The number of fused-ring (bicyclic) bond motifs is 2. The number of anilines is 1. The lowest BCUT2D eigenvalue weighted by molar-refractivity contribution is -0.123. The molecule has 0 bridgehead atoms. The number of hydrogen-bond donors (Lipinski definition) is 0. The van der Waals surface area contributed by atoms with E-state index in [9.17, 15) is 14.4 Å². The molecule has 1 saturated heterocycles. The molecule has 5 nitrogen and oxygen atoms in total. The normalized spacial score (nSPS) is 19.6. The van der Waals surface area contributed by atoms with E-state index in [0.717, 1.165) is 12.8 Å². The molecule has 0 aliphatic carbocycles. The number of Topliss-reactive ketones (excluding diaryl/α,β-unsaturated/α-hetero) is 1. The van der Waals surface area contributed by atoms with Crippen molar-refractivity contribution in [2.75, 3.05) is 18.0 Å². The molecule has 5 heteroatoms. The Morgan fingerprint density at radius 2 is 1.69 bits per heavy atom. The van der Waals surface area contributed by atoms with E-state index in [1.807, 2.05) is 6.07 Å². The summed E-state index contributed by atoms with van der Waals surface area (Å²) in [5.41, 5.74) is 1.58. The Labute approximate surface area is 152 Å². The second kappa shape index (κ2) is 6.75. The van der Waals surface area contributed by atoms with Gasteiger partial charge in [0.2, 0.25) is 5.91 Å². The molecule has 0 unspecified atom stereocenters.